The average Bonchev–Trinajstić information content (AvgIpc) is 2.52. The van der Waals surface area contributed by atoms with Crippen LogP contribution in [-0.2, 0) is 4.79 Å². The summed E-state index contributed by atoms with van der Waals surface area (Å²) in [6, 6.07) is 5.69. The van der Waals surface area contributed by atoms with Crippen molar-refractivity contribution >= 4 is 27.9 Å². The highest BCUT2D eigenvalue weighted by atomic mass is 79.9. The van der Waals surface area contributed by atoms with Crippen LogP contribution in [0.5, 0.6) is 5.75 Å². The Morgan fingerprint density at radius 1 is 1.57 bits per heavy atom. The van der Waals surface area contributed by atoms with Crippen LogP contribution in [0.2, 0.25) is 0 Å². The van der Waals surface area contributed by atoms with Gasteiger partial charge in [0.2, 0.25) is 0 Å². The van der Waals surface area contributed by atoms with Gasteiger partial charge in [0, 0.05) is 5.69 Å². The van der Waals surface area contributed by atoms with E-state index in [2.05, 4.69) is 21.2 Å². The number of nitrogens with one attached hydrogen (secondary N) is 1. The molecule has 1 aromatic carbocycles. The van der Waals surface area contributed by atoms with Crippen molar-refractivity contribution in [1.29, 1.82) is 0 Å². The number of methoxy groups -OCH3 is 1. The number of benzene rings is 1. The Morgan fingerprint density at radius 2 is 2.36 bits per heavy atom. The smallest absolute Gasteiger partial charge is 0.130 e. The number of ether oxygens (including phenoxy) is 1. The molecule has 2 unspecified atom stereocenters. The Kier molecular flexibility index (Phi) is 2.46. The Balaban J connectivity index is 2.44. The average molecular weight is 256 g/mol. The van der Waals surface area contributed by atoms with Gasteiger partial charge in [-0.3, -0.25) is 0 Å². The molecule has 0 aliphatic carbocycles. The van der Waals surface area contributed by atoms with E-state index in [1.807, 2.05) is 18.2 Å². The van der Waals surface area contributed by atoms with Crippen LogP contribution in [-0.4, -0.2) is 18.3 Å². The Hall–Kier alpha value is -1.03. The fourth-order valence-electron chi connectivity index (χ4n) is 1.61. The van der Waals surface area contributed by atoms with Crippen LogP contribution in [0.3, 0.4) is 0 Å². The van der Waals surface area contributed by atoms with E-state index in [0.29, 0.717) is 0 Å². The molecule has 0 aromatic heterocycles. The lowest BCUT2D eigenvalue weighted by atomic mass is 10.0. The minimum absolute atomic E-state index is 0.0119. The van der Waals surface area contributed by atoms with Crippen molar-refractivity contribution in [2.24, 2.45) is 0 Å². The lowest BCUT2D eigenvalue weighted by Gasteiger charge is -2.06. The van der Waals surface area contributed by atoms with Crippen molar-refractivity contribution in [1.82, 2.24) is 0 Å². The molecule has 1 aromatic rings. The first kappa shape index (κ1) is 9.52. The summed E-state index contributed by atoms with van der Waals surface area (Å²) in [7, 11) is 1.62. The maximum absolute atomic E-state index is 10.9. The molecule has 0 spiro atoms. The molecule has 0 amide bonds. The first-order chi connectivity index (χ1) is 6.76. The van der Waals surface area contributed by atoms with Gasteiger partial charge in [0.05, 0.1) is 18.0 Å². The molecule has 0 radical (unpaired) electrons. The minimum Gasteiger partial charge on any atom is -0.497 e. The van der Waals surface area contributed by atoms with Gasteiger partial charge in [-0.2, -0.15) is 0 Å². The SMILES string of the molecule is COc1ccc2c(c1)C(C=O)C(Br)N2. The van der Waals surface area contributed by atoms with Gasteiger partial charge >= 0.3 is 0 Å². The number of hydrogen-bond acceptors (Lipinski definition) is 3. The highest BCUT2D eigenvalue weighted by Gasteiger charge is 2.30. The molecule has 0 saturated carbocycles. The zero-order valence-corrected chi connectivity index (χ0v) is 9.24. The van der Waals surface area contributed by atoms with Crippen LogP contribution >= 0.6 is 15.9 Å². The summed E-state index contributed by atoms with van der Waals surface area (Å²) in [6.45, 7) is 0. The lowest BCUT2D eigenvalue weighted by Crippen LogP contribution is -2.12. The normalized spacial score (nSPS) is 23.9. The molecule has 14 heavy (non-hydrogen) atoms. The first-order valence-corrected chi connectivity index (χ1v) is 5.21. The van der Waals surface area contributed by atoms with E-state index in [0.717, 1.165) is 23.3 Å². The molecule has 0 saturated heterocycles. The molecular formula is C10H10BrNO2. The number of fused-ring (bicyclic) bond motifs is 1. The third-order valence-electron chi connectivity index (χ3n) is 2.37. The number of halogens is 1. The van der Waals surface area contributed by atoms with E-state index in [4.69, 9.17) is 4.74 Å². The maximum Gasteiger partial charge on any atom is 0.130 e. The number of carbonyl (C=O) groups is 1. The zero-order chi connectivity index (χ0) is 10.1. The predicted molar refractivity (Wildman–Crippen MR) is 58.1 cm³/mol. The number of carbonyl (C=O) groups excluding carboxylic acids is 1. The largest absolute Gasteiger partial charge is 0.497 e. The van der Waals surface area contributed by atoms with Crippen LogP contribution in [0.15, 0.2) is 18.2 Å². The summed E-state index contributed by atoms with van der Waals surface area (Å²) in [4.78, 5) is 10.9. The van der Waals surface area contributed by atoms with Crippen molar-refractivity contribution in [3.63, 3.8) is 0 Å². The topological polar surface area (TPSA) is 38.3 Å². The van der Waals surface area contributed by atoms with Gasteiger partial charge in [0.15, 0.2) is 0 Å². The molecule has 4 heteroatoms. The Bertz CT molecular complexity index is 367. The Morgan fingerprint density at radius 3 is 3.00 bits per heavy atom. The number of hydrogen-bond donors (Lipinski definition) is 1. The van der Waals surface area contributed by atoms with Crippen LogP contribution in [0, 0.1) is 0 Å². The standard InChI is InChI=1S/C10H10BrNO2/c1-14-6-2-3-9-7(4-6)8(5-13)10(11)12-9/h2-5,8,10,12H,1H3. The molecule has 2 rings (SSSR count). The molecule has 0 fully saturated rings. The van der Waals surface area contributed by atoms with Gasteiger partial charge in [-0.15, -0.1) is 0 Å². The number of aldehydes is 1. The number of anilines is 1. The van der Waals surface area contributed by atoms with Gasteiger partial charge < -0.3 is 14.8 Å². The molecule has 1 heterocycles. The summed E-state index contributed by atoms with van der Waals surface area (Å²) in [6.07, 6.45) is 0.942. The number of rotatable bonds is 2. The van der Waals surface area contributed by atoms with Gasteiger partial charge in [-0.05, 0) is 23.8 Å². The second-order valence-electron chi connectivity index (χ2n) is 3.16. The fourth-order valence-corrected chi connectivity index (χ4v) is 2.27. The lowest BCUT2D eigenvalue weighted by molar-refractivity contribution is -0.108. The molecule has 3 nitrogen and oxygen atoms in total. The highest BCUT2D eigenvalue weighted by Crippen LogP contribution is 2.38. The molecule has 2 atom stereocenters. The van der Waals surface area contributed by atoms with E-state index in [9.17, 15) is 4.79 Å². The summed E-state index contributed by atoms with van der Waals surface area (Å²) < 4.78 is 5.11. The zero-order valence-electron chi connectivity index (χ0n) is 7.66. The van der Waals surface area contributed by atoms with Gasteiger partial charge in [-0.1, -0.05) is 15.9 Å². The van der Waals surface area contributed by atoms with Gasteiger partial charge in [0.25, 0.3) is 0 Å². The number of alkyl halides is 1. The second-order valence-corrected chi connectivity index (χ2v) is 4.15. The van der Waals surface area contributed by atoms with Crippen LogP contribution in [0.1, 0.15) is 11.5 Å². The van der Waals surface area contributed by atoms with Crippen molar-refractivity contribution in [2.45, 2.75) is 10.9 Å². The molecule has 74 valence electrons. The van der Waals surface area contributed by atoms with Crippen molar-refractivity contribution in [3.05, 3.63) is 23.8 Å². The minimum atomic E-state index is -0.139. The summed E-state index contributed by atoms with van der Waals surface area (Å²) in [5.41, 5.74) is 1.98. The van der Waals surface area contributed by atoms with Gasteiger partial charge in [0.1, 0.15) is 12.0 Å². The Labute approximate surface area is 90.6 Å². The van der Waals surface area contributed by atoms with E-state index in [-0.39, 0.29) is 10.9 Å². The third kappa shape index (κ3) is 1.39. The summed E-state index contributed by atoms with van der Waals surface area (Å²) in [5, 5.41) is 3.18. The van der Waals surface area contributed by atoms with Gasteiger partial charge in [-0.25, -0.2) is 0 Å². The molecular weight excluding hydrogens is 246 g/mol. The molecule has 0 bridgehead atoms. The molecule has 1 aliphatic heterocycles. The van der Waals surface area contributed by atoms with E-state index in [1.165, 1.54) is 0 Å². The quantitative estimate of drug-likeness (QED) is 0.500. The van der Waals surface area contributed by atoms with Crippen molar-refractivity contribution in [3.8, 4) is 5.75 Å². The van der Waals surface area contributed by atoms with E-state index in [1.54, 1.807) is 7.11 Å². The predicted octanol–water partition coefficient (Wildman–Crippen LogP) is 2.12. The second kappa shape index (κ2) is 3.61. The van der Waals surface area contributed by atoms with Crippen molar-refractivity contribution in [2.75, 3.05) is 12.4 Å². The van der Waals surface area contributed by atoms with Crippen LogP contribution in [0.4, 0.5) is 5.69 Å². The third-order valence-corrected chi connectivity index (χ3v) is 3.17. The molecule has 1 aliphatic rings. The molecule has 1 N–H and O–H groups in total. The highest BCUT2D eigenvalue weighted by molar-refractivity contribution is 9.09. The summed E-state index contributed by atoms with van der Waals surface area (Å²) in [5.74, 6) is 0.638. The fraction of sp³-hybridized carbons (Fsp3) is 0.300. The maximum atomic E-state index is 10.9. The van der Waals surface area contributed by atoms with E-state index >= 15 is 0 Å². The summed E-state index contributed by atoms with van der Waals surface area (Å²) >= 11 is 3.41. The van der Waals surface area contributed by atoms with Crippen LogP contribution < -0.4 is 10.1 Å². The van der Waals surface area contributed by atoms with E-state index < -0.39 is 0 Å². The van der Waals surface area contributed by atoms with Crippen molar-refractivity contribution < 1.29 is 9.53 Å². The van der Waals surface area contributed by atoms with Crippen LogP contribution in [0.25, 0.3) is 0 Å². The first-order valence-electron chi connectivity index (χ1n) is 4.30. The monoisotopic (exact) mass is 255 g/mol.